The van der Waals surface area contributed by atoms with Gasteiger partial charge in [0.1, 0.15) is 12.4 Å². The molecule has 17 heavy (non-hydrogen) atoms. The zero-order chi connectivity index (χ0) is 11.9. The Balaban J connectivity index is 1.88. The van der Waals surface area contributed by atoms with Gasteiger partial charge in [-0.05, 0) is 31.2 Å². The van der Waals surface area contributed by atoms with Crippen molar-refractivity contribution in [2.75, 3.05) is 6.61 Å². The lowest BCUT2D eigenvalue weighted by Crippen LogP contribution is -1.93. The number of aryl methyl sites for hydroxylation is 1. The van der Waals surface area contributed by atoms with Gasteiger partial charge in [0.05, 0.1) is 0 Å². The maximum absolute atomic E-state index is 5.51. The molecule has 0 atom stereocenters. The van der Waals surface area contributed by atoms with E-state index in [4.69, 9.17) is 4.74 Å². The summed E-state index contributed by atoms with van der Waals surface area (Å²) in [7, 11) is 0. The van der Waals surface area contributed by atoms with Crippen molar-refractivity contribution in [3.05, 3.63) is 65.7 Å². The molecule has 84 valence electrons. The van der Waals surface area contributed by atoms with E-state index < -0.39 is 0 Å². The highest BCUT2D eigenvalue weighted by atomic mass is 16.5. The number of hydrogen-bond donors (Lipinski definition) is 0. The summed E-state index contributed by atoms with van der Waals surface area (Å²) in [6.07, 6.45) is 0. The van der Waals surface area contributed by atoms with Crippen LogP contribution in [0.4, 0.5) is 0 Å². The van der Waals surface area contributed by atoms with Crippen LogP contribution in [0.1, 0.15) is 11.1 Å². The van der Waals surface area contributed by atoms with Crippen molar-refractivity contribution < 1.29 is 4.74 Å². The van der Waals surface area contributed by atoms with E-state index in [-0.39, 0.29) is 0 Å². The van der Waals surface area contributed by atoms with Crippen molar-refractivity contribution in [2.24, 2.45) is 0 Å². The Kier molecular flexibility index (Phi) is 3.83. The summed E-state index contributed by atoms with van der Waals surface area (Å²) in [5.74, 6) is 6.90. The van der Waals surface area contributed by atoms with Gasteiger partial charge in [0.15, 0.2) is 0 Å². The Morgan fingerprint density at radius 2 is 1.65 bits per heavy atom. The highest BCUT2D eigenvalue weighted by Crippen LogP contribution is 2.10. The molecule has 2 aromatic rings. The lowest BCUT2D eigenvalue weighted by Gasteiger charge is -2.01. The van der Waals surface area contributed by atoms with Crippen LogP contribution in [0.25, 0.3) is 0 Å². The fourth-order valence-corrected chi connectivity index (χ4v) is 1.41. The highest BCUT2D eigenvalue weighted by Gasteiger charge is 1.90. The van der Waals surface area contributed by atoms with Crippen LogP contribution in [0.15, 0.2) is 54.6 Å². The van der Waals surface area contributed by atoms with Crippen LogP contribution in [0, 0.1) is 18.8 Å². The average molecular weight is 222 g/mol. The van der Waals surface area contributed by atoms with E-state index in [1.54, 1.807) is 0 Å². The number of ether oxygens (including phenoxy) is 1. The van der Waals surface area contributed by atoms with Crippen molar-refractivity contribution >= 4 is 0 Å². The van der Waals surface area contributed by atoms with Crippen LogP contribution >= 0.6 is 0 Å². The monoisotopic (exact) mass is 222 g/mol. The predicted octanol–water partition coefficient (Wildman–Crippen LogP) is 3.43. The summed E-state index contributed by atoms with van der Waals surface area (Å²) in [5, 5.41) is 0. The van der Waals surface area contributed by atoms with Gasteiger partial charge in [0, 0.05) is 5.56 Å². The first-order valence-corrected chi connectivity index (χ1v) is 5.58. The molecule has 0 amide bonds. The summed E-state index contributed by atoms with van der Waals surface area (Å²) >= 11 is 0. The van der Waals surface area contributed by atoms with Crippen LogP contribution in [-0.4, -0.2) is 6.61 Å². The lowest BCUT2D eigenvalue weighted by atomic mass is 10.2. The van der Waals surface area contributed by atoms with Crippen molar-refractivity contribution in [1.82, 2.24) is 0 Å². The molecule has 1 heteroatoms. The molecule has 0 aliphatic heterocycles. The Morgan fingerprint density at radius 3 is 2.35 bits per heavy atom. The average Bonchev–Trinajstić information content (AvgIpc) is 2.38. The maximum Gasteiger partial charge on any atom is 0.149 e. The second kappa shape index (κ2) is 5.77. The Bertz CT molecular complexity index is 515. The van der Waals surface area contributed by atoms with Crippen LogP contribution in [0.2, 0.25) is 0 Å². The van der Waals surface area contributed by atoms with Gasteiger partial charge >= 0.3 is 0 Å². The second-order valence-electron chi connectivity index (χ2n) is 3.77. The van der Waals surface area contributed by atoms with Crippen LogP contribution < -0.4 is 4.74 Å². The van der Waals surface area contributed by atoms with Gasteiger partial charge in [0.25, 0.3) is 0 Å². The second-order valence-corrected chi connectivity index (χ2v) is 3.77. The molecule has 0 radical (unpaired) electrons. The molecule has 0 spiro atoms. The molecule has 2 rings (SSSR count). The summed E-state index contributed by atoms with van der Waals surface area (Å²) in [6, 6.07) is 17.9. The molecule has 2 aromatic carbocycles. The predicted molar refractivity (Wildman–Crippen MR) is 70.0 cm³/mol. The minimum absolute atomic E-state index is 0.415. The van der Waals surface area contributed by atoms with Crippen LogP contribution in [-0.2, 0) is 0 Å². The Morgan fingerprint density at radius 1 is 0.941 bits per heavy atom. The lowest BCUT2D eigenvalue weighted by molar-refractivity contribution is 0.370. The smallest absolute Gasteiger partial charge is 0.149 e. The fraction of sp³-hybridized carbons (Fsp3) is 0.125. The number of benzene rings is 2. The third-order valence-corrected chi connectivity index (χ3v) is 2.34. The first kappa shape index (κ1) is 11.3. The molecule has 0 saturated carbocycles. The van der Waals surface area contributed by atoms with Gasteiger partial charge in [-0.25, -0.2) is 0 Å². The molecule has 0 aromatic heterocycles. The molecule has 0 bridgehead atoms. The topological polar surface area (TPSA) is 9.23 Å². The van der Waals surface area contributed by atoms with Gasteiger partial charge in [-0.3, -0.25) is 0 Å². The van der Waals surface area contributed by atoms with Crippen molar-refractivity contribution in [1.29, 1.82) is 0 Å². The summed E-state index contributed by atoms with van der Waals surface area (Å²) < 4.78 is 5.51. The molecule has 0 heterocycles. The van der Waals surface area contributed by atoms with E-state index >= 15 is 0 Å². The van der Waals surface area contributed by atoms with Crippen molar-refractivity contribution in [3.63, 3.8) is 0 Å². The third-order valence-electron chi connectivity index (χ3n) is 2.34. The fourth-order valence-electron chi connectivity index (χ4n) is 1.41. The zero-order valence-corrected chi connectivity index (χ0v) is 9.81. The highest BCUT2D eigenvalue weighted by molar-refractivity contribution is 5.34. The zero-order valence-electron chi connectivity index (χ0n) is 9.81. The van der Waals surface area contributed by atoms with Crippen LogP contribution in [0.3, 0.4) is 0 Å². The van der Waals surface area contributed by atoms with E-state index in [1.165, 1.54) is 5.56 Å². The van der Waals surface area contributed by atoms with Gasteiger partial charge in [0.2, 0.25) is 0 Å². The minimum Gasteiger partial charge on any atom is -0.481 e. The standard InChI is InChI=1S/C16H14O/c1-14-9-11-16(12-10-14)17-13-5-8-15-6-3-2-4-7-15/h2-4,6-7,9-12H,13H2,1H3. The van der Waals surface area contributed by atoms with Crippen molar-refractivity contribution in [2.45, 2.75) is 6.92 Å². The van der Waals surface area contributed by atoms with E-state index in [0.29, 0.717) is 6.61 Å². The maximum atomic E-state index is 5.51. The summed E-state index contributed by atoms with van der Waals surface area (Å²) in [5.41, 5.74) is 2.24. The Hall–Kier alpha value is -2.20. The quantitative estimate of drug-likeness (QED) is 0.707. The van der Waals surface area contributed by atoms with Gasteiger partial charge in [-0.15, -0.1) is 0 Å². The SMILES string of the molecule is Cc1ccc(OCC#Cc2ccccc2)cc1. The largest absolute Gasteiger partial charge is 0.481 e. The first-order chi connectivity index (χ1) is 8.34. The number of hydrogen-bond acceptors (Lipinski definition) is 1. The number of rotatable bonds is 2. The summed E-state index contributed by atoms with van der Waals surface area (Å²) in [6.45, 7) is 2.47. The summed E-state index contributed by atoms with van der Waals surface area (Å²) in [4.78, 5) is 0. The third kappa shape index (κ3) is 3.70. The first-order valence-electron chi connectivity index (χ1n) is 5.58. The molecule has 0 fully saturated rings. The minimum atomic E-state index is 0.415. The van der Waals surface area contributed by atoms with E-state index in [0.717, 1.165) is 11.3 Å². The Labute approximate surface area is 102 Å². The van der Waals surface area contributed by atoms with Crippen LogP contribution in [0.5, 0.6) is 5.75 Å². The molecule has 0 aliphatic carbocycles. The molecule has 0 N–H and O–H groups in total. The molecular weight excluding hydrogens is 208 g/mol. The molecular formula is C16H14O. The molecule has 0 aliphatic rings. The molecule has 1 nitrogen and oxygen atoms in total. The molecule has 0 saturated heterocycles. The van der Waals surface area contributed by atoms with Gasteiger partial charge in [-0.2, -0.15) is 0 Å². The van der Waals surface area contributed by atoms with E-state index in [1.807, 2.05) is 54.6 Å². The van der Waals surface area contributed by atoms with Gasteiger partial charge < -0.3 is 4.74 Å². The van der Waals surface area contributed by atoms with Gasteiger partial charge in [-0.1, -0.05) is 47.7 Å². The van der Waals surface area contributed by atoms with Crippen molar-refractivity contribution in [3.8, 4) is 17.6 Å². The van der Waals surface area contributed by atoms with E-state index in [9.17, 15) is 0 Å². The molecule has 0 unspecified atom stereocenters. The van der Waals surface area contributed by atoms with E-state index in [2.05, 4.69) is 18.8 Å². The normalized spacial score (nSPS) is 9.24.